The minimum atomic E-state index is -0.369. The smallest absolute Gasteiger partial charge is 0.290 e. The molecule has 2 aliphatic carbocycles. The summed E-state index contributed by atoms with van der Waals surface area (Å²) in [5.74, 6) is 1.72. The largest absolute Gasteiger partial charge is 0.483 e. The lowest BCUT2D eigenvalue weighted by Gasteiger charge is -2.34. The summed E-state index contributed by atoms with van der Waals surface area (Å²) in [6.07, 6.45) is 17.6. The lowest BCUT2D eigenvalue weighted by molar-refractivity contribution is -0.122. The molecule has 2 N–H and O–H groups in total. The third-order valence-corrected chi connectivity index (χ3v) is 6.78. The first-order valence-corrected chi connectivity index (χ1v) is 12.3. The Bertz CT molecular complexity index is 678. The summed E-state index contributed by atoms with van der Waals surface area (Å²) < 4.78 is 0. The zero-order chi connectivity index (χ0) is 23.4. The normalized spacial score (nSPS) is 26.1. The van der Waals surface area contributed by atoms with Gasteiger partial charge in [0.25, 0.3) is 6.47 Å². The van der Waals surface area contributed by atoms with Gasteiger partial charge < -0.3 is 10.2 Å². The quantitative estimate of drug-likeness (QED) is 0.307. The molecule has 31 heavy (non-hydrogen) atoms. The molecule has 3 heteroatoms. The molecule has 0 spiro atoms. The van der Waals surface area contributed by atoms with Crippen molar-refractivity contribution in [1.29, 1.82) is 0 Å². The van der Waals surface area contributed by atoms with Crippen LogP contribution in [0, 0.1) is 17.8 Å². The van der Waals surface area contributed by atoms with Gasteiger partial charge in [-0.15, -0.1) is 0 Å². The highest BCUT2D eigenvalue weighted by molar-refractivity contribution is 5.43. The van der Waals surface area contributed by atoms with E-state index in [1.807, 2.05) is 0 Å². The average molecular weight is 431 g/mol. The predicted octanol–water partition coefficient (Wildman–Crippen LogP) is 7.63. The van der Waals surface area contributed by atoms with E-state index in [4.69, 9.17) is 9.90 Å². The number of carboxylic acid groups (broad SMARTS) is 1. The van der Waals surface area contributed by atoms with E-state index in [1.165, 1.54) is 68.1 Å². The molecule has 2 bridgehead atoms. The van der Waals surface area contributed by atoms with Gasteiger partial charge in [-0.1, -0.05) is 68.2 Å². The standard InChI is InChI=1S/C27H44O.CH2O2/c1-7-23-18-25(28)26-21(5)15-8-9-16-24(27(23)22(26)6)17-11-14-20(4)13-10-12-19(2)3;2-1-3/h13,16,18-19,21,25,27-28H,7-12,14-15,17H2,1-6H3;1H,(H,2,3)/b20-13+,24-16-;. The number of hydrogen-bond acceptors (Lipinski definition) is 2. The highest BCUT2D eigenvalue weighted by Gasteiger charge is 2.31. The number of aliphatic hydroxyl groups is 1. The fraction of sp³-hybridized carbons (Fsp3) is 0.679. The molecule has 3 unspecified atom stereocenters. The lowest BCUT2D eigenvalue weighted by atomic mass is 9.72. The van der Waals surface area contributed by atoms with Crippen molar-refractivity contribution in [3.05, 3.63) is 46.1 Å². The van der Waals surface area contributed by atoms with Crippen molar-refractivity contribution in [3.63, 3.8) is 0 Å². The third kappa shape index (κ3) is 8.80. The van der Waals surface area contributed by atoms with Crippen molar-refractivity contribution >= 4 is 6.47 Å². The molecule has 2 rings (SSSR count). The van der Waals surface area contributed by atoms with Crippen molar-refractivity contribution in [2.75, 3.05) is 0 Å². The zero-order valence-corrected chi connectivity index (χ0v) is 20.8. The molecule has 0 aromatic heterocycles. The Labute approximate surface area is 191 Å². The Balaban J connectivity index is 0.00000151. The maximum absolute atomic E-state index is 10.8. The molecule has 0 aliphatic heterocycles. The Kier molecular flexibility index (Phi) is 12.8. The first-order valence-electron chi connectivity index (χ1n) is 12.3. The molecule has 0 aromatic carbocycles. The maximum Gasteiger partial charge on any atom is 0.290 e. The van der Waals surface area contributed by atoms with Gasteiger partial charge in [0.2, 0.25) is 0 Å². The molecule has 3 atom stereocenters. The van der Waals surface area contributed by atoms with E-state index >= 15 is 0 Å². The summed E-state index contributed by atoms with van der Waals surface area (Å²) in [4.78, 5) is 8.36. The van der Waals surface area contributed by atoms with Gasteiger partial charge in [0, 0.05) is 5.92 Å². The summed E-state index contributed by atoms with van der Waals surface area (Å²) in [5.41, 5.74) is 7.34. The van der Waals surface area contributed by atoms with Gasteiger partial charge in [-0.3, -0.25) is 4.79 Å². The summed E-state index contributed by atoms with van der Waals surface area (Å²) in [6, 6.07) is 0. The van der Waals surface area contributed by atoms with Crippen LogP contribution < -0.4 is 0 Å². The number of aliphatic hydroxyl groups excluding tert-OH is 1. The molecular formula is C28H46O3. The summed E-state index contributed by atoms with van der Waals surface area (Å²) in [5, 5.41) is 17.7. The summed E-state index contributed by atoms with van der Waals surface area (Å²) >= 11 is 0. The van der Waals surface area contributed by atoms with E-state index < -0.39 is 0 Å². The number of carbonyl (C=O) groups is 1. The Morgan fingerprint density at radius 2 is 1.97 bits per heavy atom. The molecule has 0 fully saturated rings. The average Bonchev–Trinajstić information content (AvgIpc) is 2.73. The number of rotatable bonds is 8. The second-order valence-corrected chi connectivity index (χ2v) is 9.70. The van der Waals surface area contributed by atoms with E-state index in [0.717, 1.165) is 12.3 Å². The molecule has 0 aromatic rings. The van der Waals surface area contributed by atoms with Crippen LogP contribution in [0.25, 0.3) is 0 Å². The van der Waals surface area contributed by atoms with Gasteiger partial charge >= 0.3 is 0 Å². The molecule has 2 aliphatic rings. The van der Waals surface area contributed by atoms with Crippen LogP contribution in [0.3, 0.4) is 0 Å². The fourth-order valence-corrected chi connectivity index (χ4v) is 5.15. The Morgan fingerprint density at radius 1 is 1.29 bits per heavy atom. The van der Waals surface area contributed by atoms with Crippen LogP contribution in [-0.4, -0.2) is 22.8 Å². The van der Waals surface area contributed by atoms with Gasteiger partial charge in [-0.25, -0.2) is 0 Å². The first-order chi connectivity index (χ1) is 14.8. The first kappa shape index (κ1) is 27.4. The molecule has 0 saturated heterocycles. The minimum Gasteiger partial charge on any atom is -0.483 e. The number of fused-ring (bicyclic) bond motifs is 1. The van der Waals surface area contributed by atoms with Crippen molar-refractivity contribution in [1.82, 2.24) is 0 Å². The second kappa shape index (κ2) is 14.5. The van der Waals surface area contributed by atoms with Gasteiger partial charge in [0.1, 0.15) is 0 Å². The molecule has 0 amide bonds. The van der Waals surface area contributed by atoms with Crippen LogP contribution in [-0.2, 0) is 4.79 Å². The molecule has 0 heterocycles. The van der Waals surface area contributed by atoms with E-state index in [9.17, 15) is 5.11 Å². The highest BCUT2D eigenvalue weighted by atomic mass is 16.3. The van der Waals surface area contributed by atoms with Crippen LogP contribution in [0.15, 0.2) is 46.1 Å². The monoisotopic (exact) mass is 430 g/mol. The van der Waals surface area contributed by atoms with E-state index in [-0.39, 0.29) is 12.6 Å². The van der Waals surface area contributed by atoms with Crippen LogP contribution >= 0.6 is 0 Å². The molecule has 176 valence electrons. The van der Waals surface area contributed by atoms with Crippen LogP contribution in [0.2, 0.25) is 0 Å². The van der Waals surface area contributed by atoms with E-state index in [1.54, 1.807) is 11.1 Å². The van der Waals surface area contributed by atoms with Gasteiger partial charge in [-0.2, -0.15) is 0 Å². The van der Waals surface area contributed by atoms with Crippen molar-refractivity contribution in [3.8, 4) is 0 Å². The molecule has 3 nitrogen and oxygen atoms in total. The van der Waals surface area contributed by atoms with Gasteiger partial charge in [0.05, 0.1) is 6.10 Å². The summed E-state index contributed by atoms with van der Waals surface area (Å²) in [7, 11) is 0. The number of allylic oxidation sites excluding steroid dienone is 6. The van der Waals surface area contributed by atoms with Crippen LogP contribution in [0.4, 0.5) is 0 Å². The topological polar surface area (TPSA) is 57.5 Å². The van der Waals surface area contributed by atoms with Gasteiger partial charge in [0.15, 0.2) is 0 Å². The zero-order valence-electron chi connectivity index (χ0n) is 20.8. The van der Waals surface area contributed by atoms with Crippen molar-refractivity contribution in [2.45, 2.75) is 105 Å². The SMILES string of the molecule is CCC1=CC(O)C2=C(C)C1/C(CCC/C(C)=C/CCC(C)C)=C\CCCC2C.O=CO. The predicted molar refractivity (Wildman–Crippen MR) is 132 cm³/mol. The van der Waals surface area contributed by atoms with Crippen LogP contribution in [0.1, 0.15) is 99.3 Å². The number of hydrogen-bond donors (Lipinski definition) is 2. The second-order valence-electron chi connectivity index (χ2n) is 9.70. The van der Waals surface area contributed by atoms with Crippen molar-refractivity contribution < 1.29 is 15.0 Å². The van der Waals surface area contributed by atoms with E-state index in [2.05, 4.69) is 59.8 Å². The van der Waals surface area contributed by atoms with Gasteiger partial charge in [-0.05, 0) is 89.0 Å². The molecular weight excluding hydrogens is 384 g/mol. The minimum absolute atomic E-state index is 0.250. The van der Waals surface area contributed by atoms with E-state index in [0.29, 0.717) is 11.8 Å². The molecule has 0 radical (unpaired) electrons. The fourth-order valence-electron chi connectivity index (χ4n) is 5.15. The summed E-state index contributed by atoms with van der Waals surface area (Å²) in [6.45, 7) is 13.5. The molecule has 0 saturated carbocycles. The highest BCUT2D eigenvalue weighted by Crippen LogP contribution is 2.43. The van der Waals surface area contributed by atoms with Crippen molar-refractivity contribution in [2.24, 2.45) is 17.8 Å². The Morgan fingerprint density at radius 3 is 2.58 bits per heavy atom. The third-order valence-electron chi connectivity index (χ3n) is 6.78. The van der Waals surface area contributed by atoms with Crippen LogP contribution in [0.5, 0.6) is 0 Å². The lowest BCUT2D eigenvalue weighted by Crippen LogP contribution is -2.26. The Hall–Kier alpha value is -1.61. The maximum atomic E-state index is 10.8.